The largest absolute Gasteiger partial charge is 0.497 e. The Morgan fingerprint density at radius 2 is 1.68 bits per heavy atom. The van der Waals surface area contributed by atoms with E-state index in [1.807, 2.05) is 0 Å². The highest BCUT2D eigenvalue weighted by Gasteiger charge is 2.34. The van der Waals surface area contributed by atoms with E-state index in [0.717, 1.165) is 0 Å². The van der Waals surface area contributed by atoms with Gasteiger partial charge < -0.3 is 30.1 Å². The van der Waals surface area contributed by atoms with Crippen LogP contribution < -0.4 is 15.4 Å². The second-order valence-corrected chi connectivity index (χ2v) is 6.68. The minimum Gasteiger partial charge on any atom is -0.497 e. The van der Waals surface area contributed by atoms with E-state index in [9.17, 15) is 14.4 Å². The fraction of sp³-hybridized carbons (Fsp3) is 0.227. The number of anilines is 2. The summed E-state index contributed by atoms with van der Waals surface area (Å²) in [7, 11) is 2.80. The predicted octanol–water partition coefficient (Wildman–Crippen LogP) is 1.62. The average Bonchev–Trinajstić information content (AvgIpc) is 3.09. The van der Waals surface area contributed by atoms with Crippen molar-refractivity contribution in [3.8, 4) is 5.75 Å². The van der Waals surface area contributed by atoms with Crippen LogP contribution in [0.15, 0.2) is 59.8 Å². The molecule has 0 bridgehead atoms. The van der Waals surface area contributed by atoms with Gasteiger partial charge in [0, 0.05) is 23.5 Å². The Morgan fingerprint density at radius 1 is 1.03 bits per heavy atom. The van der Waals surface area contributed by atoms with Gasteiger partial charge in [-0.1, -0.05) is 0 Å². The topological polar surface area (TPSA) is 117 Å². The molecule has 0 saturated heterocycles. The number of nitrogens with zero attached hydrogens (tertiary/aromatic N) is 1. The molecule has 9 nitrogen and oxygen atoms in total. The second kappa shape index (κ2) is 9.77. The third-order valence-corrected chi connectivity index (χ3v) is 4.72. The molecule has 0 saturated carbocycles. The molecule has 1 aliphatic heterocycles. The van der Waals surface area contributed by atoms with Crippen LogP contribution in [0.2, 0.25) is 0 Å². The molecular formula is C22H23N3O6. The first-order valence-electron chi connectivity index (χ1n) is 9.51. The molecule has 31 heavy (non-hydrogen) atoms. The zero-order valence-electron chi connectivity index (χ0n) is 17.2. The maximum absolute atomic E-state index is 12.6. The van der Waals surface area contributed by atoms with Gasteiger partial charge in [0.2, 0.25) is 0 Å². The minimum atomic E-state index is -0.619. The van der Waals surface area contributed by atoms with E-state index in [0.29, 0.717) is 22.7 Å². The number of ether oxygens (including phenoxy) is 2. The number of carbonyl (C=O) groups is 3. The molecule has 9 heteroatoms. The monoisotopic (exact) mass is 425 g/mol. The number of methoxy groups -OCH3 is 2. The van der Waals surface area contributed by atoms with E-state index in [1.165, 1.54) is 12.0 Å². The Kier molecular flexibility index (Phi) is 6.88. The van der Waals surface area contributed by atoms with E-state index in [1.54, 1.807) is 55.6 Å². The number of carbonyl (C=O) groups excluding carboxylic acids is 3. The Morgan fingerprint density at radius 3 is 2.26 bits per heavy atom. The van der Waals surface area contributed by atoms with Gasteiger partial charge in [-0.25, -0.2) is 4.79 Å². The standard InChI is InChI=1S/C22H23N3O6/c1-30-17-9-7-16(8-10-17)24-20(27)14-3-5-15(6-4-14)23-19-18(22(29)31-2)13-25(11-12-26)21(19)28/h3-10,23,26H,11-13H2,1-2H3,(H,24,27). The summed E-state index contributed by atoms with van der Waals surface area (Å²) in [6.45, 7) is -0.0583. The molecule has 2 aromatic rings. The fourth-order valence-corrected chi connectivity index (χ4v) is 3.08. The number of esters is 1. The molecule has 162 valence electrons. The number of hydrogen-bond donors (Lipinski definition) is 3. The summed E-state index contributed by atoms with van der Waals surface area (Å²) in [5.74, 6) is -0.632. The number of amides is 2. The molecule has 0 radical (unpaired) electrons. The lowest BCUT2D eigenvalue weighted by Crippen LogP contribution is -2.31. The van der Waals surface area contributed by atoms with Gasteiger partial charge in [0.1, 0.15) is 11.4 Å². The van der Waals surface area contributed by atoms with Crippen LogP contribution in [-0.4, -0.2) is 61.7 Å². The van der Waals surface area contributed by atoms with Crippen LogP contribution in [0.3, 0.4) is 0 Å². The molecular weight excluding hydrogens is 402 g/mol. The molecule has 0 fully saturated rings. The summed E-state index contributed by atoms with van der Waals surface area (Å²) < 4.78 is 9.85. The summed E-state index contributed by atoms with van der Waals surface area (Å²) in [4.78, 5) is 38.4. The highest BCUT2D eigenvalue weighted by Crippen LogP contribution is 2.23. The van der Waals surface area contributed by atoms with Crippen molar-refractivity contribution in [3.05, 3.63) is 65.4 Å². The van der Waals surface area contributed by atoms with Crippen molar-refractivity contribution in [2.24, 2.45) is 0 Å². The summed E-state index contributed by atoms with van der Waals surface area (Å²) >= 11 is 0. The number of hydrogen-bond acceptors (Lipinski definition) is 7. The first-order chi connectivity index (χ1) is 15.0. The van der Waals surface area contributed by atoms with Crippen molar-refractivity contribution in [2.75, 3.05) is 44.5 Å². The molecule has 3 rings (SSSR count). The quantitative estimate of drug-likeness (QED) is 0.550. The van der Waals surface area contributed by atoms with Gasteiger partial charge in [-0.3, -0.25) is 9.59 Å². The highest BCUT2D eigenvalue weighted by atomic mass is 16.5. The molecule has 0 aliphatic carbocycles. The summed E-state index contributed by atoms with van der Waals surface area (Å²) in [5, 5.41) is 14.8. The van der Waals surface area contributed by atoms with Gasteiger partial charge in [-0.15, -0.1) is 0 Å². The van der Waals surface area contributed by atoms with Gasteiger partial charge in [0.05, 0.1) is 32.9 Å². The number of aliphatic hydroxyl groups excluding tert-OH is 1. The molecule has 1 aliphatic rings. The van der Waals surface area contributed by atoms with Gasteiger partial charge >= 0.3 is 5.97 Å². The van der Waals surface area contributed by atoms with E-state index < -0.39 is 11.9 Å². The third-order valence-electron chi connectivity index (χ3n) is 4.72. The van der Waals surface area contributed by atoms with Crippen molar-refractivity contribution in [1.82, 2.24) is 4.90 Å². The van der Waals surface area contributed by atoms with Crippen LogP contribution in [0.4, 0.5) is 11.4 Å². The van der Waals surface area contributed by atoms with Crippen molar-refractivity contribution in [2.45, 2.75) is 0 Å². The number of rotatable bonds is 8. The normalized spacial score (nSPS) is 13.3. The van der Waals surface area contributed by atoms with E-state index in [-0.39, 0.29) is 36.9 Å². The first kappa shape index (κ1) is 21.8. The van der Waals surface area contributed by atoms with Crippen molar-refractivity contribution >= 4 is 29.2 Å². The molecule has 0 aromatic heterocycles. The Labute approximate surface area is 179 Å². The van der Waals surface area contributed by atoms with Gasteiger partial charge in [0.25, 0.3) is 11.8 Å². The van der Waals surface area contributed by atoms with Crippen LogP contribution in [0, 0.1) is 0 Å². The third kappa shape index (κ3) is 5.01. The van der Waals surface area contributed by atoms with Crippen LogP contribution in [0.5, 0.6) is 5.75 Å². The summed E-state index contributed by atoms with van der Waals surface area (Å²) in [6, 6.07) is 13.4. The van der Waals surface area contributed by atoms with Crippen LogP contribution in [0.25, 0.3) is 0 Å². The Balaban J connectivity index is 1.72. The fourth-order valence-electron chi connectivity index (χ4n) is 3.08. The average molecular weight is 425 g/mol. The van der Waals surface area contributed by atoms with Crippen LogP contribution in [-0.2, 0) is 14.3 Å². The Hall–Kier alpha value is -3.85. The summed E-state index contributed by atoms with van der Waals surface area (Å²) in [6.07, 6.45) is 0. The van der Waals surface area contributed by atoms with E-state index >= 15 is 0 Å². The number of nitrogens with one attached hydrogen (secondary N) is 2. The minimum absolute atomic E-state index is 0.0523. The SMILES string of the molecule is COC(=O)C1=C(Nc2ccc(C(=O)Nc3ccc(OC)cc3)cc2)C(=O)N(CCO)C1. The molecule has 3 N–H and O–H groups in total. The van der Waals surface area contributed by atoms with E-state index in [4.69, 9.17) is 14.6 Å². The lowest BCUT2D eigenvalue weighted by Gasteiger charge is -2.15. The first-order valence-corrected chi connectivity index (χ1v) is 9.51. The molecule has 1 heterocycles. The summed E-state index contributed by atoms with van der Waals surface area (Å²) in [5.41, 5.74) is 1.85. The Bertz CT molecular complexity index is 999. The maximum atomic E-state index is 12.6. The van der Waals surface area contributed by atoms with E-state index in [2.05, 4.69) is 10.6 Å². The lowest BCUT2D eigenvalue weighted by molar-refractivity contribution is -0.136. The van der Waals surface area contributed by atoms with Crippen molar-refractivity contribution in [3.63, 3.8) is 0 Å². The zero-order valence-corrected chi connectivity index (χ0v) is 17.2. The number of β-amino-alcohol motifs (C(OH)–C–C–N with tert-alkyl or cyclic N) is 1. The van der Waals surface area contributed by atoms with Gasteiger partial charge in [-0.05, 0) is 48.5 Å². The molecule has 0 atom stereocenters. The molecule has 2 amide bonds. The van der Waals surface area contributed by atoms with Crippen molar-refractivity contribution < 1.29 is 29.0 Å². The van der Waals surface area contributed by atoms with Crippen molar-refractivity contribution in [1.29, 1.82) is 0 Å². The number of aliphatic hydroxyl groups is 1. The maximum Gasteiger partial charge on any atom is 0.337 e. The zero-order chi connectivity index (χ0) is 22.4. The smallest absolute Gasteiger partial charge is 0.337 e. The molecule has 0 unspecified atom stereocenters. The van der Waals surface area contributed by atoms with Gasteiger partial charge in [-0.2, -0.15) is 0 Å². The number of benzene rings is 2. The molecule has 2 aromatic carbocycles. The lowest BCUT2D eigenvalue weighted by atomic mass is 10.1. The molecule has 0 spiro atoms. The predicted molar refractivity (Wildman–Crippen MR) is 114 cm³/mol. The highest BCUT2D eigenvalue weighted by molar-refractivity contribution is 6.09. The van der Waals surface area contributed by atoms with Crippen LogP contribution >= 0.6 is 0 Å². The van der Waals surface area contributed by atoms with Gasteiger partial charge in [0.15, 0.2) is 0 Å². The second-order valence-electron chi connectivity index (χ2n) is 6.68. The van der Waals surface area contributed by atoms with Crippen LogP contribution in [0.1, 0.15) is 10.4 Å².